The van der Waals surface area contributed by atoms with Crippen molar-refractivity contribution < 1.29 is 17.9 Å². The van der Waals surface area contributed by atoms with Crippen molar-refractivity contribution >= 4 is 27.6 Å². The molecule has 0 bridgehead atoms. The first-order valence-corrected chi connectivity index (χ1v) is 11.5. The summed E-state index contributed by atoms with van der Waals surface area (Å²) in [5, 5.41) is 18.3. The topological polar surface area (TPSA) is 131 Å². The molecular formula is C19H20FN5O3S2. The average molecular weight is 450 g/mol. The summed E-state index contributed by atoms with van der Waals surface area (Å²) in [6.45, 7) is 1.94. The lowest BCUT2D eigenvalue weighted by Crippen LogP contribution is -2.12. The van der Waals surface area contributed by atoms with Crippen molar-refractivity contribution in [3.8, 4) is 11.3 Å². The molecule has 0 atom stereocenters. The summed E-state index contributed by atoms with van der Waals surface area (Å²) < 4.78 is 37.4. The fraction of sp³-hybridized carbons (Fsp3) is 0.211. The highest BCUT2D eigenvalue weighted by molar-refractivity contribution is 7.98. The molecule has 2 heterocycles. The molecule has 0 aliphatic carbocycles. The number of thioether (sulfide) groups is 1. The predicted molar refractivity (Wildman–Crippen MR) is 113 cm³/mol. The van der Waals surface area contributed by atoms with E-state index in [1.165, 1.54) is 17.8 Å². The number of benzene rings is 1. The van der Waals surface area contributed by atoms with E-state index in [2.05, 4.69) is 20.3 Å². The summed E-state index contributed by atoms with van der Waals surface area (Å²) >= 11 is 1.39. The molecule has 0 aliphatic rings. The van der Waals surface area contributed by atoms with Crippen LogP contribution in [0.25, 0.3) is 11.3 Å². The molecule has 4 N–H and O–H groups in total. The van der Waals surface area contributed by atoms with Crippen molar-refractivity contribution in [2.75, 3.05) is 11.6 Å². The molecular weight excluding hydrogens is 429 g/mol. The number of aryl methyl sites for hydroxylation is 1. The first-order chi connectivity index (χ1) is 14.2. The third kappa shape index (κ3) is 4.93. The molecule has 0 fully saturated rings. The summed E-state index contributed by atoms with van der Waals surface area (Å²) in [6, 6.07) is 6.71. The highest BCUT2D eigenvalue weighted by Gasteiger charge is 2.15. The highest BCUT2D eigenvalue weighted by Crippen LogP contribution is 2.25. The summed E-state index contributed by atoms with van der Waals surface area (Å²) in [6.07, 6.45) is 3.42. The van der Waals surface area contributed by atoms with Crippen LogP contribution in [-0.2, 0) is 23.2 Å². The zero-order valence-electron chi connectivity index (χ0n) is 16.3. The lowest BCUT2D eigenvalue weighted by molar-refractivity contribution is 0.281. The first kappa shape index (κ1) is 22.1. The van der Waals surface area contributed by atoms with Gasteiger partial charge in [-0.1, -0.05) is 17.8 Å². The van der Waals surface area contributed by atoms with E-state index in [1.807, 2.05) is 6.26 Å². The molecule has 3 rings (SSSR count). The maximum atomic E-state index is 14.3. The normalized spacial score (nSPS) is 11.5. The van der Waals surface area contributed by atoms with Gasteiger partial charge in [0.2, 0.25) is 10.0 Å². The minimum absolute atomic E-state index is 0.0483. The van der Waals surface area contributed by atoms with Gasteiger partial charge in [-0.2, -0.15) is 0 Å². The van der Waals surface area contributed by atoms with Crippen molar-refractivity contribution in [1.82, 2.24) is 15.0 Å². The molecule has 2 aromatic heterocycles. The number of nitrogens with one attached hydrogen (secondary N) is 1. The fourth-order valence-electron chi connectivity index (χ4n) is 2.74. The van der Waals surface area contributed by atoms with Gasteiger partial charge >= 0.3 is 0 Å². The van der Waals surface area contributed by atoms with Crippen LogP contribution < -0.4 is 10.5 Å². The molecule has 0 saturated heterocycles. The van der Waals surface area contributed by atoms with Gasteiger partial charge in [-0.15, -0.1) is 0 Å². The third-order valence-corrected chi connectivity index (χ3v) is 5.85. The van der Waals surface area contributed by atoms with Crippen LogP contribution in [0.3, 0.4) is 0 Å². The van der Waals surface area contributed by atoms with Crippen LogP contribution in [0.2, 0.25) is 0 Å². The van der Waals surface area contributed by atoms with Crippen molar-refractivity contribution in [3.63, 3.8) is 0 Å². The number of rotatable bonds is 7. The summed E-state index contributed by atoms with van der Waals surface area (Å²) in [4.78, 5) is 12.7. The van der Waals surface area contributed by atoms with Gasteiger partial charge in [0.25, 0.3) is 0 Å². The Kier molecular flexibility index (Phi) is 6.66. The Labute approximate surface area is 177 Å². The number of aliphatic hydroxyl groups excluding tert-OH is 1. The number of nitrogens with two attached hydrogens (primary N) is 1. The number of halogens is 1. The SMILES string of the molecule is CSc1ncc(CO)c(NCc2ccc(-c3cc(S(N)(=O)=O)ccc3F)nc2C)n1. The molecule has 0 amide bonds. The fourth-order valence-corrected chi connectivity index (χ4v) is 3.62. The molecule has 8 nitrogen and oxygen atoms in total. The van der Waals surface area contributed by atoms with Gasteiger partial charge in [0.15, 0.2) is 5.16 Å². The van der Waals surface area contributed by atoms with E-state index >= 15 is 0 Å². The van der Waals surface area contributed by atoms with Gasteiger partial charge in [0.1, 0.15) is 11.6 Å². The summed E-state index contributed by atoms with van der Waals surface area (Å²) in [5.74, 6) is -0.0782. The van der Waals surface area contributed by atoms with E-state index in [4.69, 9.17) is 5.14 Å². The van der Waals surface area contributed by atoms with Crippen LogP contribution in [0.1, 0.15) is 16.8 Å². The minimum Gasteiger partial charge on any atom is -0.391 e. The van der Waals surface area contributed by atoms with Crippen LogP contribution in [0.5, 0.6) is 0 Å². The monoisotopic (exact) mass is 449 g/mol. The van der Waals surface area contributed by atoms with Crippen LogP contribution >= 0.6 is 11.8 Å². The van der Waals surface area contributed by atoms with E-state index in [-0.39, 0.29) is 17.1 Å². The Morgan fingerprint density at radius 3 is 2.60 bits per heavy atom. The van der Waals surface area contributed by atoms with E-state index in [9.17, 15) is 17.9 Å². The molecule has 0 unspecified atom stereocenters. The molecule has 0 aliphatic heterocycles. The van der Waals surface area contributed by atoms with Gasteiger partial charge < -0.3 is 10.4 Å². The Hall–Kier alpha value is -2.60. The molecule has 0 saturated carbocycles. The molecule has 158 valence electrons. The molecule has 1 aromatic carbocycles. The summed E-state index contributed by atoms with van der Waals surface area (Å²) in [7, 11) is -3.96. The lowest BCUT2D eigenvalue weighted by atomic mass is 10.1. The second-order valence-electron chi connectivity index (χ2n) is 6.37. The standard InChI is InChI=1S/C19H20FN5O3S2/c1-11-12(8-22-18-13(10-26)9-23-19(25-18)29-2)3-6-17(24-11)15-7-14(30(21,27)28)4-5-16(15)20/h3-7,9,26H,8,10H2,1-2H3,(H2,21,27,28)(H,22,23,25). The van der Waals surface area contributed by atoms with Crippen LogP contribution in [0.4, 0.5) is 10.2 Å². The number of primary sulfonamides is 1. The van der Waals surface area contributed by atoms with Crippen LogP contribution in [-0.4, -0.2) is 34.7 Å². The smallest absolute Gasteiger partial charge is 0.238 e. The second-order valence-corrected chi connectivity index (χ2v) is 8.70. The molecule has 11 heteroatoms. The molecule has 3 aromatic rings. The Bertz CT molecular complexity index is 1190. The van der Waals surface area contributed by atoms with Crippen molar-refractivity contribution in [2.45, 2.75) is 30.1 Å². The molecule has 0 radical (unpaired) electrons. The Morgan fingerprint density at radius 1 is 1.20 bits per heavy atom. The van der Waals surface area contributed by atoms with Crippen LogP contribution in [0.15, 0.2) is 46.6 Å². The Balaban J connectivity index is 1.87. The number of nitrogens with zero attached hydrogens (tertiary/aromatic N) is 3. The first-order valence-electron chi connectivity index (χ1n) is 8.77. The van der Waals surface area contributed by atoms with Gasteiger partial charge in [-0.25, -0.2) is 27.9 Å². The summed E-state index contributed by atoms with van der Waals surface area (Å²) in [5.41, 5.74) is 2.37. The average Bonchev–Trinajstić information content (AvgIpc) is 2.72. The number of aromatic nitrogens is 3. The zero-order chi connectivity index (χ0) is 21.9. The minimum atomic E-state index is -3.96. The number of pyridine rings is 1. The van der Waals surface area contributed by atoms with Gasteiger partial charge in [-0.05, 0) is 43.0 Å². The van der Waals surface area contributed by atoms with Gasteiger partial charge in [0, 0.05) is 29.6 Å². The number of anilines is 1. The van der Waals surface area contributed by atoms with E-state index in [1.54, 1.807) is 25.3 Å². The molecule has 30 heavy (non-hydrogen) atoms. The lowest BCUT2D eigenvalue weighted by Gasteiger charge is -2.13. The number of hydrogen-bond donors (Lipinski definition) is 3. The number of hydrogen-bond acceptors (Lipinski definition) is 8. The Morgan fingerprint density at radius 2 is 1.97 bits per heavy atom. The van der Waals surface area contributed by atoms with Gasteiger partial charge in [0.05, 0.1) is 17.2 Å². The van der Waals surface area contributed by atoms with Crippen LogP contribution in [0, 0.1) is 12.7 Å². The van der Waals surface area contributed by atoms with E-state index in [0.717, 1.165) is 17.7 Å². The van der Waals surface area contributed by atoms with Crippen molar-refractivity contribution in [2.24, 2.45) is 5.14 Å². The third-order valence-electron chi connectivity index (χ3n) is 4.38. The number of sulfonamides is 1. The maximum Gasteiger partial charge on any atom is 0.238 e. The largest absolute Gasteiger partial charge is 0.391 e. The van der Waals surface area contributed by atoms with E-state index < -0.39 is 15.8 Å². The second kappa shape index (κ2) is 9.04. The zero-order valence-corrected chi connectivity index (χ0v) is 17.9. The predicted octanol–water partition coefficient (Wildman–Crippen LogP) is 2.46. The highest BCUT2D eigenvalue weighted by atomic mass is 32.2. The quantitative estimate of drug-likeness (QED) is 0.370. The van der Waals surface area contributed by atoms with E-state index in [0.29, 0.717) is 34.5 Å². The molecule has 0 spiro atoms. The van der Waals surface area contributed by atoms with Crippen molar-refractivity contribution in [1.29, 1.82) is 0 Å². The van der Waals surface area contributed by atoms with Gasteiger partial charge in [-0.3, -0.25) is 4.98 Å². The number of aliphatic hydroxyl groups is 1. The van der Waals surface area contributed by atoms with Crippen molar-refractivity contribution in [3.05, 3.63) is 59.2 Å². The maximum absolute atomic E-state index is 14.3.